The first-order valence-corrected chi connectivity index (χ1v) is 11.3. The summed E-state index contributed by atoms with van der Waals surface area (Å²) in [6.45, 7) is 4.43. The van der Waals surface area contributed by atoms with E-state index >= 15 is 0 Å². The van der Waals surface area contributed by atoms with Crippen LogP contribution in [0.4, 0.5) is 0 Å². The maximum absolute atomic E-state index is 12.7. The lowest BCUT2D eigenvalue weighted by molar-refractivity contribution is 0.0782. The second-order valence-electron chi connectivity index (χ2n) is 8.15. The highest BCUT2D eigenvalue weighted by Crippen LogP contribution is 2.20. The normalized spacial score (nSPS) is 13.0. The van der Waals surface area contributed by atoms with Gasteiger partial charge < -0.3 is 20.4 Å². The second-order valence-corrected chi connectivity index (χ2v) is 8.54. The van der Waals surface area contributed by atoms with Crippen molar-refractivity contribution in [1.82, 2.24) is 25.4 Å². The number of carbonyl (C=O) groups is 1. The highest BCUT2D eigenvalue weighted by Gasteiger charge is 2.17. The molecule has 2 aromatic heterocycles. The van der Waals surface area contributed by atoms with E-state index in [9.17, 15) is 15.0 Å². The molecule has 2 heterocycles. The third-order valence-corrected chi connectivity index (χ3v) is 5.86. The second kappa shape index (κ2) is 11.3. The van der Waals surface area contributed by atoms with Crippen LogP contribution in [0.15, 0.2) is 42.6 Å². The van der Waals surface area contributed by atoms with Crippen molar-refractivity contribution in [3.8, 4) is 5.75 Å². The highest BCUT2D eigenvalue weighted by molar-refractivity contribution is 6.29. The van der Waals surface area contributed by atoms with E-state index in [2.05, 4.69) is 27.4 Å². The Morgan fingerprint density at radius 3 is 2.55 bits per heavy atom. The van der Waals surface area contributed by atoms with Crippen molar-refractivity contribution in [2.24, 2.45) is 0 Å². The highest BCUT2D eigenvalue weighted by atomic mass is 35.5. The molecule has 1 aromatic carbocycles. The number of amides is 1. The van der Waals surface area contributed by atoms with Gasteiger partial charge in [-0.25, -0.2) is 4.98 Å². The molecule has 0 fully saturated rings. The zero-order valence-corrected chi connectivity index (χ0v) is 19.8. The molecule has 0 spiro atoms. The number of aromatic amines is 1. The molecular weight excluding hydrogens is 442 g/mol. The number of H-pyrrole nitrogens is 1. The molecule has 0 aliphatic rings. The van der Waals surface area contributed by atoms with Gasteiger partial charge in [0.05, 0.1) is 18.3 Å². The predicted octanol–water partition coefficient (Wildman–Crippen LogP) is 3.39. The molecular formula is C24H30ClN5O3. The van der Waals surface area contributed by atoms with Crippen molar-refractivity contribution in [1.29, 1.82) is 0 Å². The summed E-state index contributed by atoms with van der Waals surface area (Å²) in [5, 5.41) is 30.9. The number of aliphatic hydroxyl groups is 1. The Kier molecular flexibility index (Phi) is 8.43. The van der Waals surface area contributed by atoms with E-state index < -0.39 is 6.10 Å². The predicted molar refractivity (Wildman–Crippen MR) is 127 cm³/mol. The van der Waals surface area contributed by atoms with Crippen LogP contribution in [0.2, 0.25) is 5.15 Å². The van der Waals surface area contributed by atoms with Crippen molar-refractivity contribution in [2.45, 2.75) is 45.4 Å². The van der Waals surface area contributed by atoms with Gasteiger partial charge in [-0.15, -0.1) is 0 Å². The summed E-state index contributed by atoms with van der Waals surface area (Å²) in [5.74, 6) is -0.0629. The number of rotatable bonds is 10. The number of benzene rings is 1. The standard InChI is InChI=1S/C24H30ClN5O3/c1-4-19(26-13-21(31)18-9-10-22(25)27-12-18)11-16-5-7-17(8-6-16)24(33)30(3)14-20-23(32)15(2)28-29-20/h5-10,12,19,21,26,31-32H,4,11,13-14H2,1-3H3,(H,28,29)/t19-,21-/m0/s1. The molecule has 0 unspecified atom stereocenters. The van der Waals surface area contributed by atoms with Gasteiger partial charge >= 0.3 is 0 Å². The number of aliphatic hydroxyl groups excluding tert-OH is 1. The van der Waals surface area contributed by atoms with Crippen LogP contribution < -0.4 is 5.32 Å². The number of carbonyl (C=O) groups excluding carboxylic acids is 1. The number of nitrogens with zero attached hydrogens (tertiary/aromatic N) is 3. The lowest BCUT2D eigenvalue weighted by atomic mass is 10.0. The van der Waals surface area contributed by atoms with Gasteiger partial charge in [-0.2, -0.15) is 5.10 Å². The van der Waals surface area contributed by atoms with Crippen LogP contribution in [-0.4, -0.2) is 55.8 Å². The molecule has 0 saturated carbocycles. The third kappa shape index (κ3) is 6.54. The molecule has 0 saturated heterocycles. The van der Waals surface area contributed by atoms with Gasteiger partial charge in [0.1, 0.15) is 10.8 Å². The summed E-state index contributed by atoms with van der Waals surface area (Å²) in [6, 6.07) is 11.1. The minimum Gasteiger partial charge on any atom is -0.504 e. The van der Waals surface area contributed by atoms with Gasteiger partial charge in [-0.3, -0.25) is 9.89 Å². The first-order chi connectivity index (χ1) is 15.8. The summed E-state index contributed by atoms with van der Waals surface area (Å²) in [7, 11) is 1.68. The Hall–Kier alpha value is -2.94. The van der Waals surface area contributed by atoms with Crippen molar-refractivity contribution in [3.63, 3.8) is 0 Å². The minimum absolute atomic E-state index is 0.0838. The number of pyridine rings is 1. The van der Waals surface area contributed by atoms with Gasteiger partial charge in [0.15, 0.2) is 5.75 Å². The molecule has 0 aliphatic carbocycles. The first-order valence-electron chi connectivity index (χ1n) is 10.9. The minimum atomic E-state index is -0.669. The average Bonchev–Trinajstić information content (AvgIpc) is 3.14. The molecule has 0 bridgehead atoms. The largest absolute Gasteiger partial charge is 0.504 e. The Bertz CT molecular complexity index is 1050. The molecule has 176 valence electrons. The molecule has 0 aliphatic heterocycles. The maximum Gasteiger partial charge on any atom is 0.253 e. The third-order valence-electron chi connectivity index (χ3n) is 5.63. The fourth-order valence-corrected chi connectivity index (χ4v) is 3.62. The van der Waals surface area contributed by atoms with Gasteiger partial charge in [-0.1, -0.05) is 36.7 Å². The number of halogens is 1. The van der Waals surface area contributed by atoms with Crippen molar-refractivity contribution in [2.75, 3.05) is 13.6 Å². The fraction of sp³-hybridized carbons (Fsp3) is 0.375. The molecule has 4 N–H and O–H groups in total. The zero-order valence-electron chi connectivity index (χ0n) is 19.0. The first kappa shape index (κ1) is 24.7. The van der Waals surface area contributed by atoms with Crippen LogP contribution >= 0.6 is 11.6 Å². The molecule has 0 radical (unpaired) electrons. The van der Waals surface area contributed by atoms with E-state index in [1.165, 1.54) is 4.90 Å². The van der Waals surface area contributed by atoms with Gasteiger partial charge in [0.2, 0.25) is 0 Å². The molecule has 1 amide bonds. The summed E-state index contributed by atoms with van der Waals surface area (Å²) in [5.41, 5.74) is 3.39. The zero-order chi connectivity index (χ0) is 24.0. The number of aromatic nitrogens is 3. The number of nitrogens with one attached hydrogen (secondary N) is 2. The monoisotopic (exact) mass is 471 g/mol. The molecule has 8 nitrogen and oxygen atoms in total. The van der Waals surface area contributed by atoms with Crippen molar-refractivity contribution in [3.05, 3.63) is 75.8 Å². The molecule has 2 atom stereocenters. The molecule has 3 rings (SSSR count). The van der Waals surface area contributed by atoms with Crippen LogP contribution in [0.1, 0.15) is 52.3 Å². The lowest BCUT2D eigenvalue weighted by Crippen LogP contribution is -2.34. The smallest absolute Gasteiger partial charge is 0.253 e. The van der Waals surface area contributed by atoms with Crippen LogP contribution in [0.3, 0.4) is 0 Å². The summed E-state index contributed by atoms with van der Waals surface area (Å²) in [4.78, 5) is 18.3. The van der Waals surface area contributed by atoms with Crippen LogP contribution in [0.25, 0.3) is 0 Å². The van der Waals surface area contributed by atoms with E-state index in [1.54, 1.807) is 32.3 Å². The number of hydrogen-bond acceptors (Lipinski definition) is 6. The Balaban J connectivity index is 1.54. The van der Waals surface area contributed by atoms with Crippen molar-refractivity contribution < 1.29 is 15.0 Å². The average molecular weight is 472 g/mol. The van der Waals surface area contributed by atoms with Gasteiger partial charge in [0, 0.05) is 37.0 Å². The molecule has 9 heteroatoms. The van der Waals surface area contributed by atoms with Crippen LogP contribution in [0.5, 0.6) is 5.75 Å². The fourth-order valence-electron chi connectivity index (χ4n) is 3.51. The number of aryl methyl sites for hydroxylation is 1. The van der Waals surface area contributed by atoms with E-state index in [-0.39, 0.29) is 24.2 Å². The SMILES string of the molecule is CC[C@@H](Cc1ccc(C(=O)N(C)Cc2n[nH]c(C)c2O)cc1)NC[C@H](O)c1ccc(Cl)nc1. The topological polar surface area (TPSA) is 114 Å². The Labute approximate surface area is 198 Å². The Morgan fingerprint density at radius 2 is 1.97 bits per heavy atom. The number of aromatic hydroxyl groups is 1. The van der Waals surface area contributed by atoms with E-state index in [0.29, 0.717) is 34.2 Å². The molecule has 3 aromatic rings. The summed E-state index contributed by atoms with van der Waals surface area (Å²) in [6.07, 6.45) is 2.57. The van der Waals surface area contributed by atoms with Gasteiger partial charge in [-0.05, 0) is 43.5 Å². The quantitative estimate of drug-likeness (QED) is 0.337. The number of hydrogen-bond donors (Lipinski definition) is 4. The van der Waals surface area contributed by atoms with Crippen molar-refractivity contribution >= 4 is 17.5 Å². The van der Waals surface area contributed by atoms with E-state index in [0.717, 1.165) is 18.4 Å². The summed E-state index contributed by atoms with van der Waals surface area (Å²) < 4.78 is 0. The van der Waals surface area contributed by atoms with E-state index in [1.807, 2.05) is 24.3 Å². The lowest BCUT2D eigenvalue weighted by Gasteiger charge is -2.20. The molecule has 33 heavy (non-hydrogen) atoms. The Morgan fingerprint density at radius 1 is 1.24 bits per heavy atom. The van der Waals surface area contributed by atoms with Crippen LogP contribution in [-0.2, 0) is 13.0 Å². The maximum atomic E-state index is 12.7. The van der Waals surface area contributed by atoms with Crippen LogP contribution in [0, 0.1) is 6.92 Å². The van der Waals surface area contributed by atoms with E-state index in [4.69, 9.17) is 11.6 Å². The van der Waals surface area contributed by atoms with Gasteiger partial charge in [0.25, 0.3) is 5.91 Å². The summed E-state index contributed by atoms with van der Waals surface area (Å²) >= 11 is 5.80.